The highest BCUT2D eigenvalue weighted by Gasteiger charge is 2.15. The van der Waals surface area contributed by atoms with Crippen LogP contribution in [0.15, 0.2) is 51.4 Å². The number of anilines is 2. The zero-order valence-corrected chi connectivity index (χ0v) is 11.3. The van der Waals surface area contributed by atoms with Gasteiger partial charge in [0.15, 0.2) is 0 Å². The molecule has 5 nitrogen and oxygen atoms in total. The summed E-state index contributed by atoms with van der Waals surface area (Å²) in [5, 5.41) is 11.9. The largest absolute Gasteiger partial charge is 0.386 e. The minimum absolute atomic E-state index is 0.320. The monoisotopic (exact) mass is 281 g/mol. The Morgan fingerprint density at radius 3 is 3.10 bits per heavy atom. The summed E-state index contributed by atoms with van der Waals surface area (Å²) in [5.74, 6) is 0.320. The molecule has 3 rings (SSSR count). The van der Waals surface area contributed by atoms with Crippen LogP contribution in [0, 0.1) is 11.5 Å². The molecule has 98 valence electrons. The molecule has 0 atom stereocenters. The number of nitrogens with one attached hydrogen (secondary N) is 1. The first-order chi connectivity index (χ1) is 9.76. The molecule has 3 N–H and O–H groups in total. The Hall–Kier alpha value is -2.52. The van der Waals surface area contributed by atoms with E-state index in [-0.39, 0.29) is 0 Å². The van der Waals surface area contributed by atoms with Crippen molar-refractivity contribution in [2.75, 3.05) is 5.32 Å². The first-order valence-electron chi connectivity index (χ1n) is 5.99. The highest BCUT2D eigenvalue weighted by atomic mass is 32.2. The maximum absolute atomic E-state index is 8.48. The molecule has 1 aromatic carbocycles. The molecule has 0 saturated carbocycles. The minimum Gasteiger partial charge on any atom is -0.386 e. The van der Waals surface area contributed by atoms with E-state index in [1.54, 1.807) is 24.2 Å². The summed E-state index contributed by atoms with van der Waals surface area (Å²) in [6.45, 7) is 0. The molecule has 2 aromatic rings. The van der Waals surface area contributed by atoms with Crippen molar-refractivity contribution >= 4 is 29.0 Å². The number of rotatable bonds is 2. The molecule has 0 fully saturated rings. The van der Waals surface area contributed by atoms with Gasteiger partial charge < -0.3 is 11.1 Å². The first-order valence-corrected chi connectivity index (χ1v) is 6.81. The van der Waals surface area contributed by atoms with Crippen molar-refractivity contribution in [3.8, 4) is 6.19 Å². The van der Waals surface area contributed by atoms with E-state index in [1.807, 2.05) is 30.5 Å². The Labute approximate surface area is 120 Å². The van der Waals surface area contributed by atoms with E-state index >= 15 is 0 Å². The summed E-state index contributed by atoms with van der Waals surface area (Å²) in [4.78, 5) is 9.91. The van der Waals surface area contributed by atoms with Crippen LogP contribution in [-0.4, -0.2) is 10.8 Å². The average molecular weight is 281 g/mol. The Bertz CT molecular complexity index is 733. The Morgan fingerprint density at radius 2 is 2.25 bits per heavy atom. The van der Waals surface area contributed by atoms with Crippen LogP contribution in [-0.2, 0) is 6.42 Å². The fourth-order valence-corrected chi connectivity index (χ4v) is 2.95. The zero-order chi connectivity index (χ0) is 13.9. The molecule has 20 heavy (non-hydrogen) atoms. The quantitative estimate of drug-likeness (QED) is 0.428. The zero-order valence-electron chi connectivity index (χ0n) is 10.5. The third kappa shape index (κ3) is 2.44. The maximum atomic E-state index is 8.48. The van der Waals surface area contributed by atoms with E-state index in [4.69, 9.17) is 11.0 Å². The van der Waals surface area contributed by atoms with Gasteiger partial charge in [-0.15, -0.1) is 0 Å². The van der Waals surface area contributed by atoms with Crippen molar-refractivity contribution in [3.63, 3.8) is 0 Å². The average Bonchev–Trinajstić information content (AvgIpc) is 2.45. The summed E-state index contributed by atoms with van der Waals surface area (Å²) >= 11 is 1.68. The molecule has 0 spiro atoms. The minimum atomic E-state index is 0.320. The predicted octanol–water partition coefficient (Wildman–Crippen LogP) is 2.67. The third-order valence-corrected chi connectivity index (χ3v) is 4.02. The second kappa shape index (κ2) is 5.23. The number of aromatic nitrogens is 1. The molecule has 0 aliphatic carbocycles. The Morgan fingerprint density at radius 1 is 1.35 bits per heavy atom. The van der Waals surface area contributed by atoms with Crippen LogP contribution in [0.1, 0.15) is 5.56 Å². The number of amidine groups is 1. The van der Waals surface area contributed by atoms with E-state index < -0.39 is 0 Å². The lowest BCUT2D eigenvalue weighted by Gasteiger charge is -2.20. The second-order valence-corrected chi connectivity index (χ2v) is 5.39. The third-order valence-electron chi connectivity index (χ3n) is 2.90. The molecule has 0 unspecified atom stereocenters. The summed E-state index contributed by atoms with van der Waals surface area (Å²) in [6, 6.07) is 8.02. The van der Waals surface area contributed by atoms with Gasteiger partial charge in [0, 0.05) is 23.7 Å². The highest BCUT2D eigenvalue weighted by molar-refractivity contribution is 7.99. The standard InChI is InChI=1S/C14H11N5S/c15-8-18-14(16)6-9-1-2-12-11(5-9)19-10-3-4-17-7-13(10)20-12/h1-5,7,19H,6H2,(H2,16,18). The van der Waals surface area contributed by atoms with Crippen molar-refractivity contribution in [2.45, 2.75) is 16.2 Å². The van der Waals surface area contributed by atoms with Gasteiger partial charge in [0.25, 0.3) is 0 Å². The van der Waals surface area contributed by atoms with Crippen LogP contribution in [0.2, 0.25) is 0 Å². The topological polar surface area (TPSA) is 87.1 Å². The van der Waals surface area contributed by atoms with Gasteiger partial charge in [-0.1, -0.05) is 17.8 Å². The SMILES string of the molecule is N#CN=C(N)Cc1ccc2c(c1)Nc1ccncc1S2. The molecular formula is C14H11N5S. The summed E-state index contributed by atoms with van der Waals surface area (Å²) < 4.78 is 0. The van der Waals surface area contributed by atoms with Crippen molar-refractivity contribution in [2.24, 2.45) is 10.7 Å². The number of benzene rings is 1. The van der Waals surface area contributed by atoms with Crippen LogP contribution < -0.4 is 11.1 Å². The van der Waals surface area contributed by atoms with Gasteiger partial charge in [-0.05, 0) is 23.8 Å². The van der Waals surface area contributed by atoms with Crippen molar-refractivity contribution in [1.82, 2.24) is 4.98 Å². The van der Waals surface area contributed by atoms with E-state index in [9.17, 15) is 0 Å². The van der Waals surface area contributed by atoms with E-state index in [2.05, 4.69) is 15.3 Å². The Balaban J connectivity index is 1.89. The van der Waals surface area contributed by atoms with Gasteiger partial charge >= 0.3 is 0 Å². The summed E-state index contributed by atoms with van der Waals surface area (Å²) in [5.41, 5.74) is 8.77. The number of nitrogens with two attached hydrogens (primary N) is 1. The highest BCUT2D eigenvalue weighted by Crippen LogP contribution is 2.43. The number of aliphatic imine (C=N–C) groups is 1. The lowest BCUT2D eigenvalue weighted by Crippen LogP contribution is -2.14. The Kier molecular flexibility index (Phi) is 3.27. The number of nitrogens with zero attached hydrogens (tertiary/aromatic N) is 3. The molecule has 0 radical (unpaired) electrons. The number of hydrogen-bond acceptors (Lipinski definition) is 5. The molecule has 1 aliphatic rings. The lowest BCUT2D eigenvalue weighted by atomic mass is 10.1. The molecule has 6 heteroatoms. The maximum Gasteiger partial charge on any atom is 0.207 e. The summed E-state index contributed by atoms with van der Waals surface area (Å²) in [7, 11) is 0. The molecular weight excluding hydrogens is 270 g/mol. The first kappa shape index (κ1) is 12.5. The predicted molar refractivity (Wildman–Crippen MR) is 79.0 cm³/mol. The van der Waals surface area contributed by atoms with Crippen molar-refractivity contribution < 1.29 is 0 Å². The lowest BCUT2D eigenvalue weighted by molar-refractivity contribution is 1.19. The van der Waals surface area contributed by atoms with Gasteiger partial charge in [-0.2, -0.15) is 10.3 Å². The van der Waals surface area contributed by atoms with Crippen molar-refractivity contribution in [1.29, 1.82) is 5.26 Å². The van der Waals surface area contributed by atoms with Crippen LogP contribution in [0.3, 0.4) is 0 Å². The van der Waals surface area contributed by atoms with E-state index in [0.717, 1.165) is 26.7 Å². The van der Waals surface area contributed by atoms with Gasteiger partial charge in [-0.3, -0.25) is 4.98 Å². The normalized spacial score (nSPS) is 12.8. The van der Waals surface area contributed by atoms with Crippen LogP contribution >= 0.6 is 11.8 Å². The van der Waals surface area contributed by atoms with Gasteiger partial charge in [-0.25, -0.2) is 0 Å². The van der Waals surface area contributed by atoms with Gasteiger partial charge in [0.2, 0.25) is 6.19 Å². The second-order valence-electron chi connectivity index (χ2n) is 4.31. The van der Waals surface area contributed by atoms with E-state index in [1.165, 1.54) is 0 Å². The molecule has 2 heterocycles. The number of pyridine rings is 1. The number of fused-ring (bicyclic) bond motifs is 2. The van der Waals surface area contributed by atoms with Crippen LogP contribution in [0.5, 0.6) is 0 Å². The van der Waals surface area contributed by atoms with Crippen LogP contribution in [0.4, 0.5) is 11.4 Å². The molecule has 0 saturated heterocycles. The fourth-order valence-electron chi connectivity index (χ4n) is 2.01. The molecule has 1 aliphatic heterocycles. The summed E-state index contributed by atoms with van der Waals surface area (Å²) in [6.07, 6.45) is 5.78. The fraction of sp³-hybridized carbons (Fsp3) is 0.0714. The molecule has 1 aromatic heterocycles. The van der Waals surface area contributed by atoms with Crippen LogP contribution in [0.25, 0.3) is 0 Å². The number of hydrogen-bond donors (Lipinski definition) is 2. The molecule has 0 amide bonds. The van der Waals surface area contributed by atoms with E-state index in [0.29, 0.717) is 12.3 Å². The van der Waals surface area contributed by atoms with Crippen molar-refractivity contribution in [3.05, 3.63) is 42.2 Å². The van der Waals surface area contributed by atoms with Gasteiger partial charge in [0.05, 0.1) is 16.3 Å². The molecule has 0 bridgehead atoms. The smallest absolute Gasteiger partial charge is 0.207 e. The number of nitriles is 1. The van der Waals surface area contributed by atoms with Gasteiger partial charge in [0.1, 0.15) is 5.84 Å².